The van der Waals surface area contributed by atoms with Crippen molar-refractivity contribution < 1.29 is 0 Å². The average Bonchev–Trinajstić information content (AvgIpc) is 2.38. The number of hydrogen-bond acceptors (Lipinski definition) is 2. The van der Waals surface area contributed by atoms with E-state index in [4.69, 9.17) is 5.73 Å². The normalized spacial score (nSPS) is 48.8. The third-order valence-corrected chi connectivity index (χ3v) is 6.14. The maximum absolute atomic E-state index is 6.57. The molecule has 110 valence electrons. The molecule has 0 spiro atoms. The zero-order chi connectivity index (χ0) is 13.4. The van der Waals surface area contributed by atoms with Crippen LogP contribution in [0.2, 0.25) is 0 Å². The third kappa shape index (κ3) is 2.71. The maximum Gasteiger partial charge on any atom is 0.0276 e. The second kappa shape index (κ2) is 5.73. The molecule has 0 amide bonds. The van der Waals surface area contributed by atoms with Crippen molar-refractivity contribution in [1.82, 2.24) is 4.90 Å². The Morgan fingerprint density at radius 2 is 1.68 bits per heavy atom. The summed E-state index contributed by atoms with van der Waals surface area (Å²) in [6, 6.07) is 1.95. The Balaban J connectivity index is 1.75. The Bertz CT molecular complexity index is 290. The number of fused-ring (bicyclic) bond motifs is 1. The molecule has 1 aliphatic heterocycles. The molecule has 0 aromatic rings. The van der Waals surface area contributed by atoms with Gasteiger partial charge in [0.2, 0.25) is 0 Å². The molecule has 0 radical (unpaired) electrons. The summed E-state index contributed by atoms with van der Waals surface area (Å²) in [6.45, 7) is 6.15. The van der Waals surface area contributed by atoms with Gasteiger partial charge in [0.15, 0.2) is 0 Å². The van der Waals surface area contributed by atoms with E-state index in [1.165, 1.54) is 57.9 Å². The second-order valence-corrected chi connectivity index (χ2v) is 7.70. The number of nitrogens with zero attached hydrogens (tertiary/aromatic N) is 1. The van der Waals surface area contributed by atoms with Gasteiger partial charge in [-0.25, -0.2) is 0 Å². The van der Waals surface area contributed by atoms with Crippen molar-refractivity contribution in [3.05, 3.63) is 0 Å². The smallest absolute Gasteiger partial charge is 0.0276 e. The first kappa shape index (κ1) is 13.9. The van der Waals surface area contributed by atoms with Gasteiger partial charge in [0.25, 0.3) is 0 Å². The monoisotopic (exact) mass is 264 g/mol. The topological polar surface area (TPSA) is 29.3 Å². The Hall–Kier alpha value is -0.0800. The third-order valence-electron chi connectivity index (χ3n) is 6.14. The van der Waals surface area contributed by atoms with E-state index in [0.29, 0.717) is 12.1 Å². The van der Waals surface area contributed by atoms with Crippen LogP contribution in [0.5, 0.6) is 0 Å². The van der Waals surface area contributed by atoms with E-state index in [0.717, 1.165) is 23.8 Å². The molecule has 0 aromatic carbocycles. The Kier molecular flexibility index (Phi) is 4.19. The summed E-state index contributed by atoms with van der Waals surface area (Å²) in [7, 11) is 0. The molecular weight excluding hydrogens is 232 g/mol. The van der Waals surface area contributed by atoms with Crippen molar-refractivity contribution in [3.63, 3.8) is 0 Å². The molecule has 0 bridgehead atoms. The minimum Gasteiger partial charge on any atom is -0.326 e. The highest BCUT2D eigenvalue weighted by atomic mass is 15.2. The summed E-state index contributed by atoms with van der Waals surface area (Å²) in [6.07, 6.45) is 11.3. The summed E-state index contributed by atoms with van der Waals surface area (Å²) in [4.78, 5) is 2.87. The lowest BCUT2D eigenvalue weighted by atomic mass is 9.72. The first-order valence-corrected chi connectivity index (χ1v) is 8.68. The van der Waals surface area contributed by atoms with Gasteiger partial charge < -0.3 is 5.73 Å². The second-order valence-electron chi connectivity index (χ2n) is 7.70. The molecule has 2 nitrogen and oxygen atoms in total. The predicted octanol–water partition coefficient (Wildman–Crippen LogP) is 3.40. The zero-order valence-corrected chi connectivity index (χ0v) is 12.9. The van der Waals surface area contributed by atoms with E-state index < -0.39 is 0 Å². The van der Waals surface area contributed by atoms with Gasteiger partial charge in [-0.05, 0) is 62.8 Å². The van der Waals surface area contributed by atoms with Gasteiger partial charge in [-0.3, -0.25) is 4.90 Å². The van der Waals surface area contributed by atoms with Crippen LogP contribution in [0.15, 0.2) is 0 Å². The average molecular weight is 264 g/mol. The van der Waals surface area contributed by atoms with Crippen LogP contribution in [0.4, 0.5) is 0 Å². The van der Waals surface area contributed by atoms with Gasteiger partial charge in [0.1, 0.15) is 0 Å². The van der Waals surface area contributed by atoms with Crippen molar-refractivity contribution in [2.75, 3.05) is 6.54 Å². The van der Waals surface area contributed by atoms with Crippen molar-refractivity contribution in [2.24, 2.45) is 23.5 Å². The van der Waals surface area contributed by atoms with Gasteiger partial charge in [-0.15, -0.1) is 0 Å². The molecule has 3 rings (SSSR count). The highest BCUT2D eigenvalue weighted by molar-refractivity contribution is 4.98. The molecule has 0 aromatic heterocycles. The lowest BCUT2D eigenvalue weighted by Gasteiger charge is -2.52. The maximum atomic E-state index is 6.57. The van der Waals surface area contributed by atoms with Crippen LogP contribution < -0.4 is 5.73 Å². The Labute approximate surface area is 119 Å². The molecule has 2 aliphatic carbocycles. The molecule has 3 aliphatic rings. The van der Waals surface area contributed by atoms with E-state index >= 15 is 0 Å². The standard InChI is InChI=1S/C17H32N2/c1-12-10-13(2)17(15(18)11-12)19-9-5-7-14-6-3-4-8-16(14)19/h12-17H,3-11,18H2,1-2H3/t12?,13?,14-,15?,16-,17?/m1/s1. The molecular formula is C17H32N2. The summed E-state index contributed by atoms with van der Waals surface area (Å²) >= 11 is 0. The lowest BCUT2D eigenvalue weighted by Crippen LogP contribution is -2.61. The van der Waals surface area contributed by atoms with Crippen LogP contribution in [0.3, 0.4) is 0 Å². The molecule has 1 saturated heterocycles. The fourth-order valence-corrected chi connectivity index (χ4v) is 5.50. The minimum absolute atomic E-state index is 0.416. The lowest BCUT2D eigenvalue weighted by molar-refractivity contribution is -0.0205. The quantitative estimate of drug-likeness (QED) is 0.786. The molecule has 6 atom stereocenters. The van der Waals surface area contributed by atoms with Crippen LogP contribution in [0.25, 0.3) is 0 Å². The van der Waals surface area contributed by atoms with Gasteiger partial charge >= 0.3 is 0 Å². The Morgan fingerprint density at radius 1 is 0.947 bits per heavy atom. The highest BCUT2D eigenvalue weighted by Crippen LogP contribution is 2.40. The molecule has 2 saturated carbocycles. The zero-order valence-electron chi connectivity index (χ0n) is 12.9. The van der Waals surface area contributed by atoms with Crippen molar-refractivity contribution in [1.29, 1.82) is 0 Å². The highest BCUT2D eigenvalue weighted by Gasteiger charge is 2.42. The van der Waals surface area contributed by atoms with E-state index in [2.05, 4.69) is 18.7 Å². The number of rotatable bonds is 1. The SMILES string of the molecule is CC1CC(C)C(N2CCC[C@H]3CCCC[C@H]32)C(N)C1. The van der Waals surface area contributed by atoms with Crippen molar-refractivity contribution in [3.8, 4) is 0 Å². The van der Waals surface area contributed by atoms with Crippen LogP contribution in [0, 0.1) is 17.8 Å². The number of nitrogens with two attached hydrogens (primary N) is 1. The van der Waals surface area contributed by atoms with Crippen LogP contribution >= 0.6 is 0 Å². The predicted molar refractivity (Wildman–Crippen MR) is 81.0 cm³/mol. The molecule has 1 heterocycles. The molecule has 2 N–H and O–H groups in total. The van der Waals surface area contributed by atoms with Crippen LogP contribution in [-0.4, -0.2) is 29.6 Å². The van der Waals surface area contributed by atoms with Gasteiger partial charge in [-0.1, -0.05) is 26.7 Å². The minimum atomic E-state index is 0.416. The van der Waals surface area contributed by atoms with Crippen molar-refractivity contribution >= 4 is 0 Å². The first-order chi connectivity index (χ1) is 9.16. The molecule has 19 heavy (non-hydrogen) atoms. The fourth-order valence-electron chi connectivity index (χ4n) is 5.50. The summed E-state index contributed by atoms with van der Waals surface area (Å²) < 4.78 is 0. The summed E-state index contributed by atoms with van der Waals surface area (Å²) in [5.41, 5.74) is 6.57. The molecule has 2 heteroatoms. The Morgan fingerprint density at radius 3 is 2.47 bits per heavy atom. The first-order valence-electron chi connectivity index (χ1n) is 8.68. The van der Waals surface area contributed by atoms with E-state index in [9.17, 15) is 0 Å². The number of hydrogen-bond donors (Lipinski definition) is 1. The van der Waals surface area contributed by atoms with Crippen LogP contribution in [-0.2, 0) is 0 Å². The van der Waals surface area contributed by atoms with Crippen LogP contribution in [0.1, 0.15) is 65.2 Å². The van der Waals surface area contributed by atoms with E-state index in [1.54, 1.807) is 0 Å². The molecule has 4 unspecified atom stereocenters. The molecule has 3 fully saturated rings. The summed E-state index contributed by atoms with van der Waals surface area (Å²) in [5, 5.41) is 0. The van der Waals surface area contributed by atoms with Gasteiger partial charge in [0, 0.05) is 18.1 Å². The number of likely N-dealkylation sites (tertiary alicyclic amines) is 1. The summed E-state index contributed by atoms with van der Waals surface area (Å²) in [5.74, 6) is 2.61. The van der Waals surface area contributed by atoms with E-state index in [1.807, 2.05) is 0 Å². The largest absolute Gasteiger partial charge is 0.326 e. The van der Waals surface area contributed by atoms with E-state index in [-0.39, 0.29) is 0 Å². The fraction of sp³-hybridized carbons (Fsp3) is 1.00. The van der Waals surface area contributed by atoms with Crippen molar-refractivity contribution in [2.45, 2.75) is 83.3 Å². The van der Waals surface area contributed by atoms with Gasteiger partial charge in [0.05, 0.1) is 0 Å². The number of piperidine rings is 1. The van der Waals surface area contributed by atoms with Gasteiger partial charge in [-0.2, -0.15) is 0 Å².